The molecule has 3 N–H and O–H groups in total. The number of nitrogens with two attached hydrogens (primary N) is 1. The summed E-state index contributed by atoms with van der Waals surface area (Å²) in [4.78, 5) is 22.8. The van der Waals surface area contributed by atoms with Crippen molar-refractivity contribution < 1.29 is 9.59 Å². The van der Waals surface area contributed by atoms with Crippen LogP contribution in [0.5, 0.6) is 0 Å². The number of thiocarbonyl (C=S) groups is 1. The van der Waals surface area contributed by atoms with E-state index in [2.05, 4.69) is 5.32 Å². The highest BCUT2D eigenvalue weighted by atomic mass is 32.1. The van der Waals surface area contributed by atoms with Crippen molar-refractivity contribution in [3.8, 4) is 6.07 Å². The van der Waals surface area contributed by atoms with Gasteiger partial charge in [0, 0.05) is 6.20 Å². The van der Waals surface area contributed by atoms with E-state index < -0.39 is 5.91 Å². The normalized spacial score (nSPS) is 16.5. The molecule has 0 aromatic rings. The van der Waals surface area contributed by atoms with Gasteiger partial charge in [-0.3, -0.25) is 9.59 Å². The molecule has 2 amide bonds. The fourth-order valence-electron chi connectivity index (χ4n) is 0.865. The third-order valence-corrected chi connectivity index (χ3v) is 1.83. The molecule has 7 heteroatoms. The summed E-state index contributed by atoms with van der Waals surface area (Å²) in [5.41, 5.74) is 4.65. The molecule has 72 valence electrons. The zero-order chi connectivity index (χ0) is 10.7. The van der Waals surface area contributed by atoms with Crippen LogP contribution in [-0.2, 0) is 9.59 Å². The first kappa shape index (κ1) is 10.1. The topological polar surface area (TPSA) is 99.2 Å². The van der Waals surface area contributed by atoms with E-state index >= 15 is 0 Å². The first-order valence-corrected chi connectivity index (χ1v) is 3.97. The highest BCUT2D eigenvalue weighted by molar-refractivity contribution is 7.80. The van der Waals surface area contributed by atoms with Crippen molar-refractivity contribution in [2.24, 2.45) is 5.73 Å². The van der Waals surface area contributed by atoms with Gasteiger partial charge in [-0.25, -0.2) is 0 Å². The quantitative estimate of drug-likeness (QED) is 0.331. The lowest BCUT2D eigenvalue weighted by molar-refractivity contribution is -0.118. The van der Waals surface area contributed by atoms with Crippen LogP contribution < -0.4 is 11.1 Å². The number of nitrogens with one attached hydrogen (secondary N) is 1. The van der Waals surface area contributed by atoms with Gasteiger partial charge in [0.1, 0.15) is 18.2 Å². The van der Waals surface area contributed by atoms with E-state index in [-0.39, 0.29) is 23.1 Å². The van der Waals surface area contributed by atoms with Crippen LogP contribution >= 0.6 is 12.2 Å². The average Bonchev–Trinajstić information content (AvgIpc) is 2.40. The Morgan fingerprint density at radius 2 is 2.43 bits per heavy atom. The van der Waals surface area contributed by atoms with Gasteiger partial charge >= 0.3 is 0 Å². The van der Waals surface area contributed by atoms with Gasteiger partial charge in [-0.2, -0.15) is 5.26 Å². The Morgan fingerprint density at radius 3 is 2.79 bits per heavy atom. The molecule has 0 atom stereocenters. The van der Waals surface area contributed by atoms with Crippen LogP contribution in [0.25, 0.3) is 0 Å². The van der Waals surface area contributed by atoms with E-state index in [0.29, 0.717) is 0 Å². The first-order chi connectivity index (χ1) is 6.54. The molecule has 0 aliphatic carbocycles. The molecule has 1 heterocycles. The third kappa shape index (κ3) is 2.05. The van der Waals surface area contributed by atoms with Crippen molar-refractivity contribution in [2.75, 3.05) is 6.54 Å². The van der Waals surface area contributed by atoms with Crippen LogP contribution in [0.15, 0.2) is 11.8 Å². The minimum absolute atomic E-state index is 0.00269. The number of carbonyl (C=O) groups excluding carboxylic acids is 2. The van der Waals surface area contributed by atoms with Gasteiger partial charge in [-0.15, -0.1) is 0 Å². The van der Waals surface area contributed by atoms with Crippen molar-refractivity contribution >= 4 is 29.1 Å². The Kier molecular flexibility index (Phi) is 2.79. The summed E-state index contributed by atoms with van der Waals surface area (Å²) in [6.45, 7) is -0.00269. The Bertz CT molecular complexity index is 382. The molecular formula is C7H6N4O2S. The van der Waals surface area contributed by atoms with Crippen LogP contribution in [0.1, 0.15) is 0 Å². The molecular weight excluding hydrogens is 204 g/mol. The number of primary amides is 1. The molecule has 0 radical (unpaired) electrons. The maximum atomic E-state index is 10.8. The summed E-state index contributed by atoms with van der Waals surface area (Å²) in [5.74, 6) is -1.14. The predicted molar refractivity (Wildman–Crippen MR) is 50.3 cm³/mol. The average molecular weight is 210 g/mol. The van der Waals surface area contributed by atoms with E-state index in [4.69, 9.17) is 23.2 Å². The summed E-state index contributed by atoms with van der Waals surface area (Å²) >= 11 is 4.76. The van der Waals surface area contributed by atoms with E-state index in [1.165, 1.54) is 4.90 Å². The number of hydrogen-bond donors (Lipinski definition) is 2. The SMILES string of the molecule is N#C/C(=C/N1CC(=O)NC1=S)C(N)=O. The smallest absolute Gasteiger partial charge is 0.260 e. The van der Waals surface area contributed by atoms with E-state index in [1.807, 2.05) is 0 Å². The summed E-state index contributed by atoms with van der Waals surface area (Å²) in [6.07, 6.45) is 1.16. The van der Waals surface area contributed by atoms with E-state index in [1.54, 1.807) is 6.07 Å². The second kappa shape index (κ2) is 3.85. The molecule has 0 unspecified atom stereocenters. The summed E-state index contributed by atoms with van der Waals surface area (Å²) in [7, 11) is 0. The van der Waals surface area contributed by atoms with E-state index in [0.717, 1.165) is 6.20 Å². The minimum Gasteiger partial charge on any atom is -0.365 e. The number of nitrogens with zero attached hydrogens (tertiary/aromatic N) is 2. The van der Waals surface area contributed by atoms with E-state index in [9.17, 15) is 9.59 Å². The van der Waals surface area contributed by atoms with Gasteiger partial charge in [-0.1, -0.05) is 0 Å². The van der Waals surface area contributed by atoms with Crippen molar-refractivity contribution in [2.45, 2.75) is 0 Å². The fourth-order valence-corrected chi connectivity index (χ4v) is 1.10. The second-order valence-electron chi connectivity index (χ2n) is 2.50. The number of carbonyl (C=O) groups is 2. The molecule has 1 saturated heterocycles. The molecule has 1 fully saturated rings. The van der Waals surface area contributed by atoms with Gasteiger partial charge in [0.15, 0.2) is 5.11 Å². The number of hydrogen-bond acceptors (Lipinski definition) is 4. The predicted octanol–water partition coefficient (Wildman–Crippen LogP) is -1.40. The lowest BCUT2D eigenvalue weighted by Gasteiger charge is -2.08. The maximum Gasteiger partial charge on any atom is 0.260 e. The van der Waals surface area contributed by atoms with Crippen molar-refractivity contribution in [3.63, 3.8) is 0 Å². The molecule has 0 aromatic heterocycles. The number of nitriles is 1. The molecule has 0 bridgehead atoms. The fraction of sp³-hybridized carbons (Fsp3) is 0.143. The summed E-state index contributed by atoms with van der Waals surface area (Å²) in [6, 6.07) is 1.61. The van der Waals surface area contributed by atoms with Crippen molar-refractivity contribution in [1.82, 2.24) is 10.2 Å². The molecule has 1 aliphatic heterocycles. The van der Waals surface area contributed by atoms with Crippen LogP contribution in [0, 0.1) is 11.3 Å². The Labute approximate surface area is 85.0 Å². The lowest BCUT2D eigenvalue weighted by Crippen LogP contribution is -2.25. The summed E-state index contributed by atoms with van der Waals surface area (Å²) < 4.78 is 0. The van der Waals surface area contributed by atoms with Gasteiger partial charge in [0.05, 0.1) is 0 Å². The molecule has 0 spiro atoms. The number of rotatable bonds is 2. The monoisotopic (exact) mass is 210 g/mol. The van der Waals surface area contributed by atoms with Crippen LogP contribution in [0.3, 0.4) is 0 Å². The van der Waals surface area contributed by atoms with Gasteiger partial charge in [0.25, 0.3) is 5.91 Å². The first-order valence-electron chi connectivity index (χ1n) is 3.56. The molecule has 0 aromatic carbocycles. The van der Waals surface area contributed by atoms with Gasteiger partial charge in [-0.05, 0) is 12.2 Å². The summed E-state index contributed by atoms with van der Waals surface area (Å²) in [5, 5.41) is 11.0. The largest absolute Gasteiger partial charge is 0.365 e. The highest BCUT2D eigenvalue weighted by Crippen LogP contribution is 2.02. The molecule has 0 saturated carbocycles. The van der Waals surface area contributed by atoms with Crippen LogP contribution in [-0.4, -0.2) is 28.4 Å². The zero-order valence-corrected chi connectivity index (χ0v) is 7.80. The Balaban J connectivity index is 2.87. The van der Waals surface area contributed by atoms with Crippen molar-refractivity contribution in [3.05, 3.63) is 11.8 Å². The zero-order valence-electron chi connectivity index (χ0n) is 6.98. The second-order valence-corrected chi connectivity index (χ2v) is 2.89. The minimum atomic E-state index is -0.852. The Hall–Kier alpha value is -1.94. The van der Waals surface area contributed by atoms with Gasteiger partial charge in [0.2, 0.25) is 5.91 Å². The number of amides is 2. The standard InChI is InChI=1S/C7H6N4O2S/c8-1-4(6(9)13)2-11-3-5(12)10-7(11)14/h2H,3H2,(H2,9,13)(H,10,12,14)/b4-2-. The molecule has 1 rings (SSSR count). The molecule has 14 heavy (non-hydrogen) atoms. The molecule has 6 nitrogen and oxygen atoms in total. The van der Waals surface area contributed by atoms with Crippen LogP contribution in [0.4, 0.5) is 0 Å². The van der Waals surface area contributed by atoms with Crippen LogP contribution in [0.2, 0.25) is 0 Å². The highest BCUT2D eigenvalue weighted by Gasteiger charge is 2.22. The van der Waals surface area contributed by atoms with Gasteiger partial charge < -0.3 is 16.0 Å². The molecule has 1 aliphatic rings. The lowest BCUT2D eigenvalue weighted by atomic mass is 10.3. The third-order valence-electron chi connectivity index (χ3n) is 1.49. The Morgan fingerprint density at radius 1 is 1.79 bits per heavy atom. The van der Waals surface area contributed by atoms with Crippen molar-refractivity contribution in [1.29, 1.82) is 5.26 Å². The maximum absolute atomic E-state index is 10.8.